The minimum absolute atomic E-state index is 0.0302. The third-order valence-electron chi connectivity index (χ3n) is 2.98. The predicted octanol–water partition coefficient (Wildman–Crippen LogP) is 1.68. The summed E-state index contributed by atoms with van der Waals surface area (Å²) in [5.41, 5.74) is 1.06. The predicted molar refractivity (Wildman–Crippen MR) is 77.9 cm³/mol. The highest BCUT2D eigenvalue weighted by atomic mass is 19.1. The summed E-state index contributed by atoms with van der Waals surface area (Å²) in [6, 6.07) is 4.15. The van der Waals surface area contributed by atoms with Crippen LogP contribution in [0.3, 0.4) is 0 Å². The number of aliphatic hydroxyl groups is 1. The van der Waals surface area contributed by atoms with E-state index in [0.717, 1.165) is 0 Å². The Balaban J connectivity index is 2.06. The van der Waals surface area contributed by atoms with Crippen LogP contribution in [-0.4, -0.2) is 45.2 Å². The third kappa shape index (κ3) is 4.19. The molecule has 0 aliphatic rings. The van der Waals surface area contributed by atoms with E-state index in [4.69, 9.17) is 4.74 Å². The van der Waals surface area contributed by atoms with Gasteiger partial charge in [-0.3, -0.25) is 4.79 Å². The molecule has 118 valence electrons. The van der Waals surface area contributed by atoms with Crippen LogP contribution in [0.5, 0.6) is 0 Å². The van der Waals surface area contributed by atoms with E-state index in [9.17, 15) is 14.3 Å². The quantitative estimate of drug-likeness (QED) is 0.788. The van der Waals surface area contributed by atoms with Crippen molar-refractivity contribution in [3.8, 4) is 11.3 Å². The van der Waals surface area contributed by atoms with E-state index in [-0.39, 0.29) is 24.8 Å². The molecule has 0 saturated heterocycles. The summed E-state index contributed by atoms with van der Waals surface area (Å²) in [5.74, 6) is -0.576. The van der Waals surface area contributed by atoms with Gasteiger partial charge in [-0.25, -0.2) is 9.07 Å². The number of hydrogen-bond donors (Lipinski definition) is 1. The molecule has 1 unspecified atom stereocenters. The van der Waals surface area contributed by atoms with Gasteiger partial charge < -0.3 is 9.84 Å². The molecule has 1 heterocycles. The molecule has 1 aromatic heterocycles. The van der Waals surface area contributed by atoms with Crippen LogP contribution in [-0.2, 0) is 11.3 Å². The molecule has 0 aliphatic heterocycles. The van der Waals surface area contributed by atoms with E-state index in [1.807, 2.05) is 13.8 Å². The molecule has 0 radical (unpaired) electrons. The average Bonchev–Trinajstić information content (AvgIpc) is 2.94. The van der Waals surface area contributed by atoms with Crippen molar-refractivity contribution in [3.63, 3.8) is 0 Å². The molecule has 1 aromatic carbocycles. The monoisotopic (exact) mass is 307 g/mol. The zero-order valence-electron chi connectivity index (χ0n) is 12.4. The largest absolute Gasteiger partial charge is 0.389 e. The van der Waals surface area contributed by atoms with Gasteiger partial charge in [0.15, 0.2) is 6.29 Å². The van der Waals surface area contributed by atoms with Crippen LogP contribution in [0.15, 0.2) is 24.4 Å². The number of aromatic nitrogens is 3. The van der Waals surface area contributed by atoms with Gasteiger partial charge in [-0.1, -0.05) is 5.21 Å². The molecule has 2 aromatic rings. The van der Waals surface area contributed by atoms with Crippen LogP contribution >= 0.6 is 0 Å². The van der Waals surface area contributed by atoms with Gasteiger partial charge in [-0.05, 0) is 32.0 Å². The van der Waals surface area contributed by atoms with Crippen LogP contribution in [0, 0.1) is 5.82 Å². The molecule has 6 nitrogen and oxygen atoms in total. The average molecular weight is 307 g/mol. The van der Waals surface area contributed by atoms with E-state index in [2.05, 4.69) is 10.3 Å². The van der Waals surface area contributed by atoms with E-state index in [0.29, 0.717) is 17.5 Å². The Morgan fingerprint density at radius 1 is 1.45 bits per heavy atom. The normalized spacial score (nSPS) is 12.6. The molecule has 0 amide bonds. The van der Waals surface area contributed by atoms with Crippen LogP contribution < -0.4 is 0 Å². The maximum Gasteiger partial charge on any atom is 0.153 e. The summed E-state index contributed by atoms with van der Waals surface area (Å²) in [5, 5.41) is 17.7. The lowest BCUT2D eigenvalue weighted by Gasteiger charge is -2.12. The van der Waals surface area contributed by atoms with Crippen LogP contribution in [0.25, 0.3) is 11.3 Å². The zero-order valence-corrected chi connectivity index (χ0v) is 12.4. The van der Waals surface area contributed by atoms with Crippen LogP contribution in [0.1, 0.15) is 24.2 Å². The Morgan fingerprint density at radius 3 is 2.91 bits per heavy atom. The van der Waals surface area contributed by atoms with Gasteiger partial charge in [0.2, 0.25) is 0 Å². The summed E-state index contributed by atoms with van der Waals surface area (Å²) in [6.07, 6.45) is 1.43. The molecule has 0 bridgehead atoms. The number of aliphatic hydroxyl groups excluding tert-OH is 1. The van der Waals surface area contributed by atoms with Crippen molar-refractivity contribution in [1.82, 2.24) is 15.0 Å². The molecule has 2 rings (SSSR count). The molecule has 0 fully saturated rings. The van der Waals surface area contributed by atoms with Gasteiger partial charge >= 0.3 is 0 Å². The first kappa shape index (κ1) is 16.3. The second-order valence-corrected chi connectivity index (χ2v) is 5.22. The number of carbonyl (C=O) groups is 1. The lowest BCUT2D eigenvalue weighted by molar-refractivity contribution is -0.00220. The van der Waals surface area contributed by atoms with Crippen molar-refractivity contribution in [2.24, 2.45) is 0 Å². The fourth-order valence-corrected chi connectivity index (χ4v) is 1.89. The summed E-state index contributed by atoms with van der Waals surface area (Å²) < 4.78 is 20.1. The van der Waals surface area contributed by atoms with Gasteiger partial charge in [-0.2, -0.15) is 0 Å². The number of nitrogens with zero attached hydrogens (tertiary/aromatic N) is 3. The van der Waals surface area contributed by atoms with Gasteiger partial charge in [0.1, 0.15) is 11.5 Å². The Morgan fingerprint density at radius 2 is 2.23 bits per heavy atom. The lowest BCUT2D eigenvalue weighted by atomic mass is 10.1. The summed E-state index contributed by atoms with van der Waals surface area (Å²) in [4.78, 5) is 10.8. The van der Waals surface area contributed by atoms with Crippen molar-refractivity contribution in [3.05, 3.63) is 35.8 Å². The van der Waals surface area contributed by atoms with Gasteiger partial charge in [0, 0.05) is 5.56 Å². The summed E-state index contributed by atoms with van der Waals surface area (Å²) in [6.45, 7) is 4.22. The minimum Gasteiger partial charge on any atom is -0.389 e. The van der Waals surface area contributed by atoms with Gasteiger partial charge in [0.25, 0.3) is 0 Å². The first-order chi connectivity index (χ1) is 10.5. The van der Waals surface area contributed by atoms with E-state index < -0.39 is 11.9 Å². The maximum atomic E-state index is 13.3. The third-order valence-corrected chi connectivity index (χ3v) is 2.98. The standard InChI is InChI=1S/C15H18FN3O3/c1-10(2)22-9-13(21)6-19-7-15(17-18-19)11-3-4-14(16)12(5-11)8-20/h3-5,7-8,10,13,21H,6,9H2,1-2H3. The number of hydrogen-bond acceptors (Lipinski definition) is 5. The van der Waals surface area contributed by atoms with Crippen molar-refractivity contribution in [2.45, 2.75) is 32.6 Å². The topological polar surface area (TPSA) is 77.2 Å². The second kappa shape index (κ2) is 7.24. The molecule has 7 heteroatoms. The molecule has 0 spiro atoms. The molecule has 0 saturated carbocycles. The smallest absolute Gasteiger partial charge is 0.153 e. The highest BCUT2D eigenvalue weighted by Gasteiger charge is 2.11. The van der Waals surface area contributed by atoms with Crippen molar-refractivity contribution in [1.29, 1.82) is 0 Å². The first-order valence-electron chi connectivity index (χ1n) is 6.94. The maximum absolute atomic E-state index is 13.3. The van der Waals surface area contributed by atoms with Crippen molar-refractivity contribution >= 4 is 6.29 Å². The lowest BCUT2D eigenvalue weighted by Crippen LogP contribution is -2.24. The molecule has 1 N–H and O–H groups in total. The second-order valence-electron chi connectivity index (χ2n) is 5.22. The molecule has 0 aliphatic carbocycles. The van der Waals surface area contributed by atoms with Gasteiger partial charge in [-0.15, -0.1) is 5.10 Å². The summed E-state index contributed by atoms with van der Waals surface area (Å²) in [7, 11) is 0. The van der Waals surface area contributed by atoms with Crippen LogP contribution in [0.2, 0.25) is 0 Å². The van der Waals surface area contributed by atoms with E-state index in [1.54, 1.807) is 6.20 Å². The van der Waals surface area contributed by atoms with E-state index >= 15 is 0 Å². The van der Waals surface area contributed by atoms with Crippen LogP contribution in [0.4, 0.5) is 4.39 Å². The fraction of sp³-hybridized carbons (Fsp3) is 0.400. The van der Waals surface area contributed by atoms with Crippen molar-refractivity contribution in [2.75, 3.05) is 6.61 Å². The molecule has 1 atom stereocenters. The number of benzene rings is 1. The number of aldehydes is 1. The fourth-order valence-electron chi connectivity index (χ4n) is 1.89. The minimum atomic E-state index is -0.698. The SMILES string of the molecule is CC(C)OCC(O)Cn1cc(-c2ccc(F)c(C=O)c2)nn1. The molecule has 22 heavy (non-hydrogen) atoms. The van der Waals surface area contributed by atoms with Gasteiger partial charge in [0.05, 0.1) is 37.1 Å². The Hall–Kier alpha value is -2.12. The zero-order chi connectivity index (χ0) is 16.1. The number of rotatable bonds is 7. The molecular weight excluding hydrogens is 289 g/mol. The Bertz CT molecular complexity index is 643. The number of halogens is 1. The molecular formula is C15H18FN3O3. The highest BCUT2D eigenvalue weighted by molar-refractivity contribution is 5.78. The Labute approximate surface area is 127 Å². The number of ether oxygens (including phenoxy) is 1. The van der Waals surface area contributed by atoms with Crippen molar-refractivity contribution < 1.29 is 19.0 Å². The van der Waals surface area contributed by atoms with E-state index in [1.165, 1.54) is 22.9 Å². The first-order valence-corrected chi connectivity index (χ1v) is 6.94. The Kier molecular flexibility index (Phi) is 5.35. The number of carbonyl (C=O) groups excluding carboxylic acids is 1. The summed E-state index contributed by atoms with van der Waals surface area (Å²) >= 11 is 0. The highest BCUT2D eigenvalue weighted by Crippen LogP contribution is 2.19.